The van der Waals surface area contributed by atoms with Crippen LogP contribution in [0.4, 0.5) is 0 Å². The smallest absolute Gasteiger partial charge is 0.0149 e. The first-order valence-electron chi connectivity index (χ1n) is 7.91. The summed E-state index contributed by atoms with van der Waals surface area (Å²) < 4.78 is 0. The Morgan fingerprint density at radius 3 is 2.05 bits per heavy atom. The Bertz CT molecular complexity index is 767. The van der Waals surface area contributed by atoms with Gasteiger partial charge in [0.05, 0.1) is 0 Å². The van der Waals surface area contributed by atoms with Crippen molar-refractivity contribution in [1.82, 2.24) is 0 Å². The Labute approximate surface area is 133 Å². The van der Waals surface area contributed by atoms with Crippen LogP contribution in [0.5, 0.6) is 0 Å². The summed E-state index contributed by atoms with van der Waals surface area (Å²) in [5.74, 6) is 0.499. The third-order valence-corrected chi connectivity index (χ3v) is 4.11. The van der Waals surface area contributed by atoms with E-state index in [4.69, 9.17) is 0 Å². The van der Waals surface area contributed by atoms with Crippen LogP contribution in [0, 0.1) is 6.92 Å². The van der Waals surface area contributed by atoms with Gasteiger partial charge in [0.15, 0.2) is 0 Å². The van der Waals surface area contributed by atoms with Gasteiger partial charge in [-0.2, -0.15) is 0 Å². The minimum Gasteiger partial charge on any atom is -0.0622 e. The Morgan fingerprint density at radius 2 is 1.36 bits per heavy atom. The van der Waals surface area contributed by atoms with Crippen molar-refractivity contribution in [2.24, 2.45) is 0 Å². The fourth-order valence-corrected chi connectivity index (χ4v) is 2.93. The fourth-order valence-electron chi connectivity index (χ4n) is 2.93. The summed E-state index contributed by atoms with van der Waals surface area (Å²) in [6.45, 7) is 6.68. The summed E-state index contributed by atoms with van der Waals surface area (Å²) in [7, 11) is 0. The molecule has 110 valence electrons. The van der Waals surface area contributed by atoms with E-state index in [1.165, 1.54) is 33.4 Å². The molecule has 0 aliphatic rings. The number of aryl methyl sites for hydroxylation is 1. The molecule has 0 saturated heterocycles. The molecule has 0 aromatic heterocycles. The Morgan fingerprint density at radius 1 is 0.636 bits per heavy atom. The van der Waals surface area contributed by atoms with Crippen molar-refractivity contribution in [3.63, 3.8) is 0 Å². The lowest BCUT2D eigenvalue weighted by Gasteiger charge is -2.16. The van der Waals surface area contributed by atoms with Gasteiger partial charge in [0, 0.05) is 0 Å². The maximum Gasteiger partial charge on any atom is -0.0149 e. The normalized spacial score (nSPS) is 10.9. The maximum absolute atomic E-state index is 2.34. The fraction of sp³-hybridized carbons (Fsp3) is 0.182. The van der Waals surface area contributed by atoms with Crippen molar-refractivity contribution in [2.75, 3.05) is 0 Å². The van der Waals surface area contributed by atoms with Crippen molar-refractivity contribution in [3.8, 4) is 22.3 Å². The largest absolute Gasteiger partial charge is 0.0622 e. The molecular formula is C22H22. The molecule has 3 aromatic rings. The highest BCUT2D eigenvalue weighted by molar-refractivity contribution is 5.74. The summed E-state index contributed by atoms with van der Waals surface area (Å²) >= 11 is 0. The average Bonchev–Trinajstić information content (AvgIpc) is 2.55. The maximum atomic E-state index is 2.34. The van der Waals surface area contributed by atoms with E-state index < -0.39 is 0 Å². The van der Waals surface area contributed by atoms with E-state index in [1.54, 1.807) is 0 Å². The lowest BCUT2D eigenvalue weighted by molar-refractivity contribution is 0.869. The van der Waals surface area contributed by atoms with Gasteiger partial charge < -0.3 is 0 Å². The first-order chi connectivity index (χ1) is 10.6. The molecule has 0 amide bonds. The summed E-state index contributed by atoms with van der Waals surface area (Å²) in [6, 6.07) is 26.2. The second kappa shape index (κ2) is 6.19. The molecule has 0 bridgehead atoms. The Balaban J connectivity index is 2.13. The van der Waals surface area contributed by atoms with Crippen molar-refractivity contribution < 1.29 is 0 Å². The third-order valence-electron chi connectivity index (χ3n) is 4.11. The predicted molar refractivity (Wildman–Crippen MR) is 96.1 cm³/mol. The van der Waals surface area contributed by atoms with Gasteiger partial charge in [-0.05, 0) is 40.7 Å². The van der Waals surface area contributed by atoms with Gasteiger partial charge in [0.25, 0.3) is 0 Å². The van der Waals surface area contributed by atoms with Crippen LogP contribution < -0.4 is 0 Å². The first kappa shape index (κ1) is 14.6. The van der Waals surface area contributed by atoms with Crippen LogP contribution in [0.25, 0.3) is 22.3 Å². The van der Waals surface area contributed by atoms with E-state index in [9.17, 15) is 0 Å². The Kier molecular flexibility index (Phi) is 4.11. The molecule has 3 rings (SSSR count). The van der Waals surface area contributed by atoms with Crippen molar-refractivity contribution in [2.45, 2.75) is 26.7 Å². The molecular weight excluding hydrogens is 264 g/mol. The van der Waals surface area contributed by atoms with Gasteiger partial charge in [0.2, 0.25) is 0 Å². The quantitative estimate of drug-likeness (QED) is 0.519. The molecule has 0 fully saturated rings. The predicted octanol–water partition coefficient (Wildman–Crippen LogP) is 6.45. The van der Waals surface area contributed by atoms with Crippen LogP contribution in [0.1, 0.15) is 30.9 Å². The van der Waals surface area contributed by atoms with E-state index >= 15 is 0 Å². The van der Waals surface area contributed by atoms with Gasteiger partial charge in [-0.15, -0.1) is 0 Å². The number of hydrogen-bond acceptors (Lipinski definition) is 0. The van der Waals surface area contributed by atoms with Gasteiger partial charge in [-0.1, -0.05) is 92.2 Å². The summed E-state index contributed by atoms with van der Waals surface area (Å²) in [4.78, 5) is 0. The highest BCUT2D eigenvalue weighted by Gasteiger charge is 2.10. The number of hydrogen-bond donors (Lipinski definition) is 0. The molecule has 0 aliphatic heterocycles. The van der Waals surface area contributed by atoms with Crippen LogP contribution in [0.3, 0.4) is 0 Å². The number of benzene rings is 3. The molecule has 0 heterocycles. The minimum absolute atomic E-state index is 0.499. The highest BCUT2D eigenvalue weighted by Crippen LogP contribution is 2.33. The molecule has 0 spiro atoms. The second-order valence-electron chi connectivity index (χ2n) is 6.19. The van der Waals surface area contributed by atoms with E-state index in [1.807, 2.05) is 0 Å². The summed E-state index contributed by atoms with van der Waals surface area (Å²) in [5, 5.41) is 0. The lowest BCUT2D eigenvalue weighted by Crippen LogP contribution is -1.94. The number of rotatable bonds is 3. The molecule has 0 radical (unpaired) electrons. The molecule has 0 N–H and O–H groups in total. The molecule has 0 atom stereocenters. The van der Waals surface area contributed by atoms with Crippen LogP contribution in [0.2, 0.25) is 0 Å². The Hall–Kier alpha value is -2.34. The lowest BCUT2D eigenvalue weighted by atomic mass is 9.89. The van der Waals surface area contributed by atoms with Crippen LogP contribution in [0.15, 0.2) is 72.8 Å². The van der Waals surface area contributed by atoms with E-state index in [0.29, 0.717) is 5.92 Å². The summed E-state index contributed by atoms with van der Waals surface area (Å²) in [5.41, 5.74) is 7.94. The van der Waals surface area contributed by atoms with Gasteiger partial charge in [-0.25, -0.2) is 0 Å². The van der Waals surface area contributed by atoms with Crippen LogP contribution >= 0.6 is 0 Å². The third kappa shape index (κ3) is 2.96. The van der Waals surface area contributed by atoms with E-state index in [-0.39, 0.29) is 0 Å². The van der Waals surface area contributed by atoms with E-state index in [0.717, 1.165) is 0 Å². The van der Waals surface area contributed by atoms with Gasteiger partial charge in [-0.3, -0.25) is 0 Å². The second-order valence-corrected chi connectivity index (χ2v) is 6.19. The highest BCUT2D eigenvalue weighted by atomic mass is 14.1. The van der Waals surface area contributed by atoms with Crippen LogP contribution in [-0.2, 0) is 0 Å². The molecule has 22 heavy (non-hydrogen) atoms. The van der Waals surface area contributed by atoms with Crippen molar-refractivity contribution >= 4 is 0 Å². The van der Waals surface area contributed by atoms with Gasteiger partial charge in [0.1, 0.15) is 0 Å². The van der Waals surface area contributed by atoms with E-state index in [2.05, 4.69) is 93.6 Å². The molecule has 0 aliphatic carbocycles. The average molecular weight is 286 g/mol. The molecule has 3 aromatic carbocycles. The topological polar surface area (TPSA) is 0 Å². The van der Waals surface area contributed by atoms with Crippen molar-refractivity contribution in [1.29, 1.82) is 0 Å². The van der Waals surface area contributed by atoms with Gasteiger partial charge >= 0.3 is 0 Å². The monoisotopic (exact) mass is 286 g/mol. The zero-order chi connectivity index (χ0) is 15.5. The SMILES string of the molecule is Cc1cccc(-c2ccc(-c3ccccc3)cc2C(C)C)c1. The standard InChI is InChI=1S/C22H22/c1-16(2)22-15-19(18-9-5-4-6-10-18)12-13-21(22)20-11-7-8-17(3)14-20/h4-16H,1-3H3. The zero-order valence-corrected chi connectivity index (χ0v) is 13.5. The molecule has 0 saturated carbocycles. The minimum atomic E-state index is 0.499. The first-order valence-corrected chi connectivity index (χ1v) is 7.91. The molecule has 0 nitrogen and oxygen atoms in total. The van der Waals surface area contributed by atoms with Crippen LogP contribution in [-0.4, -0.2) is 0 Å². The van der Waals surface area contributed by atoms with Crippen molar-refractivity contribution in [3.05, 3.63) is 83.9 Å². The summed E-state index contributed by atoms with van der Waals surface area (Å²) in [6.07, 6.45) is 0. The molecule has 0 heteroatoms. The zero-order valence-electron chi connectivity index (χ0n) is 13.5. The molecule has 0 unspecified atom stereocenters.